The van der Waals surface area contributed by atoms with E-state index >= 15 is 0 Å². The van der Waals surface area contributed by atoms with Crippen LogP contribution in [0.3, 0.4) is 0 Å². The predicted molar refractivity (Wildman–Crippen MR) is 87.5 cm³/mol. The molecule has 1 aliphatic carbocycles. The smallest absolute Gasteiger partial charge is 0.241 e. The van der Waals surface area contributed by atoms with Crippen molar-refractivity contribution < 1.29 is 9.59 Å². The molecule has 5 nitrogen and oxygen atoms in total. The Bertz CT molecular complexity index is 399. The molecule has 0 radical (unpaired) electrons. The van der Waals surface area contributed by atoms with Gasteiger partial charge in [-0.25, -0.2) is 0 Å². The van der Waals surface area contributed by atoms with Crippen LogP contribution in [0, 0.1) is 5.41 Å². The first-order valence-corrected chi connectivity index (χ1v) is 8.67. The van der Waals surface area contributed by atoms with Crippen molar-refractivity contribution in [1.29, 1.82) is 0 Å². The zero-order chi connectivity index (χ0) is 16.2. The predicted octanol–water partition coefficient (Wildman–Crippen LogP) is 1.63. The molecule has 0 aromatic heterocycles. The van der Waals surface area contributed by atoms with Crippen LogP contribution in [0.25, 0.3) is 0 Å². The molecule has 1 saturated carbocycles. The molecule has 22 heavy (non-hydrogen) atoms. The van der Waals surface area contributed by atoms with Crippen molar-refractivity contribution >= 4 is 11.8 Å². The molecule has 0 spiro atoms. The van der Waals surface area contributed by atoms with Gasteiger partial charge in [0.15, 0.2) is 0 Å². The van der Waals surface area contributed by atoms with Gasteiger partial charge in [0.25, 0.3) is 0 Å². The van der Waals surface area contributed by atoms with Crippen molar-refractivity contribution in [2.45, 2.75) is 57.9 Å². The second-order valence-corrected chi connectivity index (χ2v) is 7.22. The Balaban J connectivity index is 1.80. The maximum atomic E-state index is 12.2. The second kappa shape index (κ2) is 7.44. The van der Waals surface area contributed by atoms with Crippen LogP contribution in [-0.2, 0) is 9.59 Å². The number of hydrogen-bond acceptors (Lipinski definition) is 3. The van der Waals surface area contributed by atoms with Crippen LogP contribution < -0.4 is 5.32 Å². The summed E-state index contributed by atoms with van der Waals surface area (Å²) in [7, 11) is 3.47. The molecule has 0 unspecified atom stereocenters. The van der Waals surface area contributed by atoms with E-state index in [9.17, 15) is 9.59 Å². The van der Waals surface area contributed by atoms with Crippen LogP contribution in [0.5, 0.6) is 0 Å². The Morgan fingerprint density at radius 2 is 2.09 bits per heavy atom. The average Bonchev–Trinajstić information content (AvgIpc) is 2.62. The lowest BCUT2D eigenvalue weighted by atomic mass is 9.67. The Hall–Kier alpha value is -1.10. The lowest BCUT2D eigenvalue weighted by molar-refractivity contribution is -0.138. The Kier molecular flexibility index (Phi) is 5.84. The van der Waals surface area contributed by atoms with Crippen molar-refractivity contribution in [1.82, 2.24) is 15.1 Å². The lowest BCUT2D eigenvalue weighted by Crippen LogP contribution is -2.44. The molecular formula is C17H31N3O2. The number of nitrogens with one attached hydrogen (secondary N) is 1. The zero-order valence-corrected chi connectivity index (χ0v) is 14.4. The number of amides is 2. The maximum absolute atomic E-state index is 12.2. The van der Waals surface area contributed by atoms with E-state index in [0.29, 0.717) is 24.4 Å². The SMILES string of the molecule is CCC1(CN[C@@H]2CCC(=O)N(CC(=O)N(C)C)CC2)CCC1. The molecule has 2 aliphatic rings. The van der Waals surface area contributed by atoms with Gasteiger partial charge in [-0.3, -0.25) is 9.59 Å². The van der Waals surface area contributed by atoms with Crippen LogP contribution in [0.1, 0.15) is 51.9 Å². The fourth-order valence-electron chi connectivity index (χ4n) is 3.41. The summed E-state index contributed by atoms with van der Waals surface area (Å²) in [5.74, 6) is 0.118. The third-order valence-electron chi connectivity index (χ3n) is 5.56. The highest BCUT2D eigenvalue weighted by Crippen LogP contribution is 2.43. The second-order valence-electron chi connectivity index (χ2n) is 7.22. The molecule has 5 heteroatoms. The molecule has 126 valence electrons. The highest BCUT2D eigenvalue weighted by atomic mass is 16.2. The summed E-state index contributed by atoms with van der Waals surface area (Å²) in [5.41, 5.74) is 0.511. The summed E-state index contributed by atoms with van der Waals surface area (Å²) < 4.78 is 0. The Labute approximate surface area is 134 Å². The molecule has 1 saturated heterocycles. The highest BCUT2D eigenvalue weighted by molar-refractivity contribution is 5.84. The minimum Gasteiger partial charge on any atom is -0.347 e. The van der Waals surface area contributed by atoms with E-state index in [-0.39, 0.29) is 18.4 Å². The first kappa shape index (κ1) is 17.3. The summed E-state index contributed by atoms with van der Waals surface area (Å²) in [6.45, 7) is 4.28. The Morgan fingerprint density at radius 3 is 2.64 bits per heavy atom. The molecular weight excluding hydrogens is 278 g/mol. The number of carbonyl (C=O) groups excluding carboxylic acids is 2. The van der Waals surface area contributed by atoms with E-state index in [1.165, 1.54) is 25.7 Å². The number of hydrogen-bond donors (Lipinski definition) is 1. The molecule has 0 bridgehead atoms. The topological polar surface area (TPSA) is 52.7 Å². The minimum atomic E-state index is -0.000775. The summed E-state index contributed by atoms with van der Waals surface area (Å²) >= 11 is 0. The van der Waals surface area contributed by atoms with E-state index in [4.69, 9.17) is 0 Å². The zero-order valence-electron chi connectivity index (χ0n) is 14.4. The quantitative estimate of drug-likeness (QED) is 0.811. The summed E-state index contributed by atoms with van der Waals surface area (Å²) in [6, 6.07) is 0.410. The third-order valence-corrected chi connectivity index (χ3v) is 5.56. The van der Waals surface area contributed by atoms with E-state index in [0.717, 1.165) is 19.4 Å². The summed E-state index contributed by atoms with van der Waals surface area (Å²) in [5, 5.41) is 3.70. The molecule has 1 aliphatic heterocycles. The van der Waals surface area contributed by atoms with E-state index in [2.05, 4.69) is 12.2 Å². The van der Waals surface area contributed by atoms with Crippen LogP contribution >= 0.6 is 0 Å². The van der Waals surface area contributed by atoms with E-state index in [1.54, 1.807) is 23.9 Å². The first-order valence-electron chi connectivity index (χ1n) is 8.67. The van der Waals surface area contributed by atoms with Crippen molar-refractivity contribution in [3.63, 3.8) is 0 Å². The largest absolute Gasteiger partial charge is 0.347 e. The monoisotopic (exact) mass is 309 g/mol. The molecule has 1 N–H and O–H groups in total. The number of likely N-dealkylation sites (N-methyl/N-ethyl adjacent to an activating group) is 1. The van der Waals surface area contributed by atoms with Crippen LogP contribution in [0.15, 0.2) is 0 Å². The van der Waals surface area contributed by atoms with Crippen molar-refractivity contribution in [3.05, 3.63) is 0 Å². The van der Waals surface area contributed by atoms with Gasteiger partial charge < -0.3 is 15.1 Å². The molecule has 1 atom stereocenters. The molecule has 0 aromatic rings. The van der Waals surface area contributed by atoms with Crippen LogP contribution in [-0.4, -0.2) is 61.4 Å². The molecule has 2 rings (SSSR count). The van der Waals surface area contributed by atoms with Gasteiger partial charge >= 0.3 is 0 Å². The van der Waals surface area contributed by atoms with Gasteiger partial charge in [-0.2, -0.15) is 0 Å². The van der Waals surface area contributed by atoms with Gasteiger partial charge in [0.05, 0.1) is 6.54 Å². The number of likely N-dealkylation sites (tertiary alicyclic amines) is 1. The number of nitrogens with zero attached hydrogens (tertiary/aromatic N) is 2. The number of carbonyl (C=O) groups is 2. The van der Waals surface area contributed by atoms with Gasteiger partial charge in [-0.05, 0) is 37.5 Å². The normalized spacial score (nSPS) is 24.6. The molecule has 1 heterocycles. The van der Waals surface area contributed by atoms with E-state index in [1.807, 2.05) is 0 Å². The van der Waals surface area contributed by atoms with Crippen molar-refractivity contribution in [2.24, 2.45) is 5.41 Å². The fraction of sp³-hybridized carbons (Fsp3) is 0.882. The van der Waals surface area contributed by atoms with Crippen molar-refractivity contribution in [3.8, 4) is 0 Å². The standard InChI is InChI=1S/C17H31N3O2/c1-4-17(9-5-10-17)13-18-14-6-7-15(21)20(11-8-14)12-16(22)19(2)3/h14,18H,4-13H2,1-3H3/t14-/m1/s1. The minimum absolute atomic E-state index is 0.000775. The van der Waals surface area contributed by atoms with Crippen molar-refractivity contribution in [2.75, 3.05) is 33.7 Å². The highest BCUT2D eigenvalue weighted by Gasteiger charge is 2.35. The van der Waals surface area contributed by atoms with Crippen LogP contribution in [0.2, 0.25) is 0 Å². The summed E-state index contributed by atoms with van der Waals surface area (Å²) in [4.78, 5) is 27.3. The lowest BCUT2D eigenvalue weighted by Gasteiger charge is -2.42. The van der Waals surface area contributed by atoms with E-state index < -0.39 is 0 Å². The maximum Gasteiger partial charge on any atom is 0.241 e. The van der Waals surface area contributed by atoms with Gasteiger partial charge in [0, 0.05) is 39.6 Å². The average molecular weight is 309 g/mol. The van der Waals surface area contributed by atoms with Gasteiger partial charge in [-0.15, -0.1) is 0 Å². The third kappa shape index (κ3) is 4.22. The van der Waals surface area contributed by atoms with Gasteiger partial charge in [-0.1, -0.05) is 13.3 Å². The first-order chi connectivity index (χ1) is 10.5. The Morgan fingerprint density at radius 1 is 1.36 bits per heavy atom. The molecule has 0 aromatic carbocycles. The fourth-order valence-corrected chi connectivity index (χ4v) is 3.41. The molecule has 2 amide bonds. The van der Waals surface area contributed by atoms with Gasteiger partial charge in [0.1, 0.15) is 0 Å². The summed E-state index contributed by atoms with van der Waals surface area (Å²) in [6.07, 6.45) is 7.68. The number of rotatable bonds is 6. The van der Waals surface area contributed by atoms with Gasteiger partial charge in [0.2, 0.25) is 11.8 Å². The molecule has 2 fully saturated rings. The van der Waals surface area contributed by atoms with Crippen LogP contribution in [0.4, 0.5) is 0 Å².